The second kappa shape index (κ2) is 22.8. The summed E-state index contributed by atoms with van der Waals surface area (Å²) in [5.74, 6) is 0.230. The highest BCUT2D eigenvalue weighted by Crippen LogP contribution is 2.11. The Hall–Kier alpha value is -2.17. The van der Waals surface area contributed by atoms with Crippen molar-refractivity contribution in [2.45, 2.75) is 34.6 Å². The molecule has 0 unspecified atom stereocenters. The molecule has 0 N–H and O–H groups in total. The molecule has 146 valence electrons. The Morgan fingerprint density at radius 3 is 1.42 bits per heavy atom. The van der Waals surface area contributed by atoms with Crippen LogP contribution in [-0.2, 0) is 9.53 Å². The van der Waals surface area contributed by atoms with Gasteiger partial charge in [0.2, 0.25) is 5.24 Å². The third-order valence-corrected chi connectivity index (χ3v) is 1.96. The second-order valence-electron chi connectivity index (χ2n) is 3.95. The van der Waals surface area contributed by atoms with Gasteiger partial charge in [-0.15, -0.1) is 0 Å². The molecular formula is C21H31ClO4. The van der Waals surface area contributed by atoms with Gasteiger partial charge in [0.05, 0.1) is 5.56 Å². The highest BCUT2D eigenvalue weighted by atomic mass is 35.5. The van der Waals surface area contributed by atoms with Gasteiger partial charge in [-0.2, -0.15) is 0 Å². The molecular weight excluding hydrogens is 352 g/mol. The minimum Gasteiger partial charge on any atom is -0.423 e. The number of halogens is 1. The second-order valence-corrected chi connectivity index (χ2v) is 4.48. The zero-order valence-electron chi connectivity index (χ0n) is 16.8. The van der Waals surface area contributed by atoms with Crippen molar-refractivity contribution < 1.29 is 19.1 Å². The van der Waals surface area contributed by atoms with Crippen molar-refractivity contribution in [3.05, 3.63) is 66.2 Å². The molecule has 0 aromatic heterocycles. The zero-order chi connectivity index (χ0) is 20.8. The summed E-state index contributed by atoms with van der Waals surface area (Å²) in [4.78, 5) is 20.8. The van der Waals surface area contributed by atoms with Crippen molar-refractivity contribution in [1.29, 1.82) is 0 Å². The minimum absolute atomic E-state index is 0.332. The molecule has 0 saturated heterocycles. The Morgan fingerprint density at radius 2 is 1.08 bits per heavy atom. The fourth-order valence-electron chi connectivity index (χ4n) is 1.23. The normalized spacial score (nSPS) is 7.69. The van der Waals surface area contributed by atoms with E-state index in [9.17, 15) is 9.59 Å². The number of methoxy groups -OCH3 is 1. The standard InChI is InChI=1S/C13H10O2.C2H3ClO.C2H6O.2C2H6/c14-13(11-7-3-1-4-8-11)15-12-9-5-2-6-10-12;1-2(3)4;1-3-2;2*1-2/h1-10H;1H3;1-2H3;2*1-2H3. The molecule has 0 atom stereocenters. The van der Waals surface area contributed by atoms with Crippen LogP contribution >= 0.6 is 11.6 Å². The maximum atomic E-state index is 11.6. The van der Waals surface area contributed by atoms with E-state index < -0.39 is 0 Å². The topological polar surface area (TPSA) is 52.6 Å². The van der Waals surface area contributed by atoms with Gasteiger partial charge in [0.25, 0.3) is 0 Å². The summed E-state index contributed by atoms with van der Waals surface area (Å²) in [6.07, 6.45) is 0. The fourth-order valence-corrected chi connectivity index (χ4v) is 1.23. The molecule has 0 radical (unpaired) electrons. The van der Waals surface area contributed by atoms with Crippen LogP contribution in [0.15, 0.2) is 60.7 Å². The Labute approximate surface area is 163 Å². The molecule has 0 aliphatic heterocycles. The molecule has 5 heteroatoms. The van der Waals surface area contributed by atoms with Crippen LogP contribution in [0, 0.1) is 0 Å². The first-order valence-corrected chi connectivity index (χ1v) is 8.77. The van der Waals surface area contributed by atoms with Gasteiger partial charge >= 0.3 is 5.97 Å². The molecule has 0 bridgehead atoms. The summed E-state index contributed by atoms with van der Waals surface area (Å²) in [6, 6.07) is 18.0. The highest BCUT2D eigenvalue weighted by molar-refractivity contribution is 6.62. The number of carbonyl (C=O) groups excluding carboxylic acids is 2. The number of esters is 1. The molecule has 0 aliphatic carbocycles. The van der Waals surface area contributed by atoms with Gasteiger partial charge in [-0.1, -0.05) is 64.1 Å². The molecule has 0 spiro atoms. The first kappa shape index (κ1) is 28.6. The number of hydrogen-bond donors (Lipinski definition) is 0. The highest BCUT2D eigenvalue weighted by Gasteiger charge is 2.06. The molecule has 0 aliphatic rings. The number of para-hydroxylation sites is 1. The summed E-state index contributed by atoms with van der Waals surface area (Å²) >= 11 is 4.64. The van der Waals surface area contributed by atoms with E-state index in [2.05, 4.69) is 16.3 Å². The lowest BCUT2D eigenvalue weighted by Gasteiger charge is -2.02. The summed E-state index contributed by atoms with van der Waals surface area (Å²) in [6.45, 7) is 9.29. The molecule has 2 aromatic carbocycles. The molecule has 0 amide bonds. The Kier molecular flexibility index (Phi) is 25.1. The number of ether oxygens (including phenoxy) is 2. The Morgan fingerprint density at radius 1 is 0.769 bits per heavy atom. The van der Waals surface area contributed by atoms with Crippen molar-refractivity contribution in [3.8, 4) is 5.75 Å². The van der Waals surface area contributed by atoms with E-state index in [0.717, 1.165) is 0 Å². The van der Waals surface area contributed by atoms with Gasteiger partial charge < -0.3 is 9.47 Å². The maximum Gasteiger partial charge on any atom is 0.343 e. The third kappa shape index (κ3) is 19.9. The smallest absolute Gasteiger partial charge is 0.343 e. The van der Waals surface area contributed by atoms with E-state index in [0.29, 0.717) is 11.3 Å². The lowest BCUT2D eigenvalue weighted by Crippen LogP contribution is -2.07. The van der Waals surface area contributed by atoms with Gasteiger partial charge in [-0.3, -0.25) is 4.79 Å². The van der Waals surface area contributed by atoms with Crippen LogP contribution in [-0.4, -0.2) is 25.4 Å². The van der Waals surface area contributed by atoms with E-state index in [4.69, 9.17) is 4.74 Å². The third-order valence-electron chi connectivity index (χ3n) is 1.96. The summed E-state index contributed by atoms with van der Waals surface area (Å²) < 4.78 is 9.41. The molecule has 2 rings (SSSR count). The van der Waals surface area contributed by atoms with Crippen molar-refractivity contribution in [2.75, 3.05) is 14.2 Å². The van der Waals surface area contributed by atoms with Gasteiger partial charge in [0.1, 0.15) is 5.75 Å². The average Bonchev–Trinajstić information content (AvgIpc) is 2.67. The molecule has 26 heavy (non-hydrogen) atoms. The van der Waals surface area contributed by atoms with E-state index in [-0.39, 0.29) is 11.2 Å². The van der Waals surface area contributed by atoms with Crippen LogP contribution in [0.4, 0.5) is 0 Å². The Bertz CT molecular complexity index is 538. The molecule has 4 nitrogen and oxygen atoms in total. The predicted molar refractivity (Wildman–Crippen MR) is 110 cm³/mol. The monoisotopic (exact) mass is 382 g/mol. The summed E-state index contributed by atoms with van der Waals surface area (Å²) in [5, 5.41) is -0.361. The molecule has 0 saturated carbocycles. The molecule has 0 heterocycles. The number of hydrogen-bond acceptors (Lipinski definition) is 4. The lowest BCUT2D eigenvalue weighted by molar-refractivity contribution is -0.109. The number of rotatable bonds is 2. The van der Waals surface area contributed by atoms with Crippen LogP contribution in [0.5, 0.6) is 5.75 Å². The van der Waals surface area contributed by atoms with Gasteiger partial charge in [0.15, 0.2) is 0 Å². The lowest BCUT2D eigenvalue weighted by atomic mass is 10.2. The van der Waals surface area contributed by atoms with Crippen LogP contribution in [0.25, 0.3) is 0 Å². The van der Waals surface area contributed by atoms with Crippen LogP contribution < -0.4 is 4.74 Å². The van der Waals surface area contributed by atoms with Crippen molar-refractivity contribution >= 4 is 22.8 Å². The number of carbonyl (C=O) groups is 2. The van der Waals surface area contributed by atoms with Gasteiger partial charge in [-0.05, 0) is 35.9 Å². The van der Waals surface area contributed by atoms with Crippen molar-refractivity contribution in [3.63, 3.8) is 0 Å². The van der Waals surface area contributed by atoms with E-state index in [1.807, 2.05) is 64.1 Å². The summed E-state index contributed by atoms with van der Waals surface area (Å²) in [7, 11) is 3.25. The number of benzene rings is 2. The van der Waals surface area contributed by atoms with E-state index in [1.165, 1.54) is 6.92 Å². The summed E-state index contributed by atoms with van der Waals surface area (Å²) in [5.41, 5.74) is 0.557. The van der Waals surface area contributed by atoms with Crippen LogP contribution in [0.1, 0.15) is 45.0 Å². The maximum absolute atomic E-state index is 11.6. The molecule has 0 fully saturated rings. The first-order chi connectivity index (χ1) is 12.5. The molecule has 2 aromatic rings. The van der Waals surface area contributed by atoms with E-state index >= 15 is 0 Å². The van der Waals surface area contributed by atoms with Crippen molar-refractivity contribution in [2.24, 2.45) is 0 Å². The Balaban J connectivity index is -0.000000405. The first-order valence-electron chi connectivity index (χ1n) is 8.39. The zero-order valence-corrected chi connectivity index (χ0v) is 17.5. The SMILES string of the molecule is CC.CC.CC(=O)Cl.COC.O=C(Oc1ccccc1)c1ccccc1. The van der Waals surface area contributed by atoms with E-state index in [1.54, 1.807) is 38.5 Å². The largest absolute Gasteiger partial charge is 0.423 e. The predicted octanol–water partition coefficient (Wildman–Crippen LogP) is 5.99. The van der Waals surface area contributed by atoms with Gasteiger partial charge in [-0.25, -0.2) is 4.79 Å². The quantitative estimate of drug-likeness (QED) is 0.363. The minimum atomic E-state index is -0.361. The van der Waals surface area contributed by atoms with Crippen molar-refractivity contribution in [1.82, 2.24) is 0 Å². The van der Waals surface area contributed by atoms with Crippen LogP contribution in [0.3, 0.4) is 0 Å². The van der Waals surface area contributed by atoms with Crippen LogP contribution in [0.2, 0.25) is 0 Å². The van der Waals surface area contributed by atoms with Gasteiger partial charge in [0, 0.05) is 21.1 Å². The average molecular weight is 383 g/mol. The fraction of sp³-hybridized carbons (Fsp3) is 0.333.